The van der Waals surface area contributed by atoms with Gasteiger partial charge in [-0.1, -0.05) is 31.4 Å². The Bertz CT molecular complexity index is 1160. The number of rotatable bonds is 7. The molecule has 1 saturated carbocycles. The topological polar surface area (TPSA) is 78.9 Å². The lowest BCUT2D eigenvalue weighted by atomic mass is 9.69. The maximum atomic E-state index is 13.6. The SMILES string of the molecule is Fc1ccc(C2(CNC(=S)Nc3nc(Sc4ncccn4)cc(N4CCCC4)n3)CCCCC2)cc1. The first-order valence-electron chi connectivity index (χ1n) is 12.5. The van der Waals surface area contributed by atoms with Crippen molar-refractivity contribution in [3.63, 3.8) is 0 Å². The van der Waals surface area contributed by atoms with Crippen LogP contribution in [0.3, 0.4) is 0 Å². The number of hydrogen-bond donors (Lipinski definition) is 2. The highest BCUT2D eigenvalue weighted by Crippen LogP contribution is 2.39. The second-order valence-corrected chi connectivity index (χ2v) is 10.8. The highest BCUT2D eigenvalue weighted by atomic mass is 32.2. The molecule has 0 radical (unpaired) electrons. The molecule has 1 aliphatic carbocycles. The van der Waals surface area contributed by atoms with Crippen LogP contribution in [-0.4, -0.2) is 44.7 Å². The lowest BCUT2D eigenvalue weighted by molar-refractivity contribution is 0.292. The molecule has 188 valence electrons. The summed E-state index contributed by atoms with van der Waals surface area (Å²) in [5.74, 6) is 1.12. The number of halogens is 1. The molecule has 3 aromatic rings. The summed E-state index contributed by atoms with van der Waals surface area (Å²) in [6.07, 6.45) is 11.4. The molecule has 2 aromatic heterocycles. The third-order valence-corrected chi connectivity index (χ3v) is 8.00. The summed E-state index contributed by atoms with van der Waals surface area (Å²) in [7, 11) is 0. The van der Waals surface area contributed by atoms with E-state index in [0.29, 0.717) is 22.8 Å². The standard InChI is InChI=1S/C26H30FN7S2/c27-20-9-7-19(8-10-20)26(11-2-1-3-12-26)18-30-24(35)33-23-31-21(34-15-4-5-16-34)17-22(32-23)36-25-28-13-6-14-29-25/h6-10,13-14,17H,1-5,11-12,15-16,18H2,(H2,30,31,32,33,35). The van der Waals surface area contributed by atoms with Gasteiger partial charge in [0.05, 0.1) is 0 Å². The van der Waals surface area contributed by atoms with Gasteiger partial charge in [0.1, 0.15) is 16.7 Å². The summed E-state index contributed by atoms with van der Waals surface area (Å²) in [6.45, 7) is 2.63. The molecule has 1 aromatic carbocycles. The summed E-state index contributed by atoms with van der Waals surface area (Å²) in [6, 6.07) is 10.7. The van der Waals surface area contributed by atoms with E-state index < -0.39 is 0 Å². The Hall–Kier alpha value is -2.85. The van der Waals surface area contributed by atoms with E-state index in [-0.39, 0.29) is 11.2 Å². The fourth-order valence-electron chi connectivity index (χ4n) is 5.06. The predicted molar refractivity (Wildman–Crippen MR) is 145 cm³/mol. The molecule has 1 aliphatic heterocycles. The molecule has 2 aliphatic rings. The molecule has 0 bridgehead atoms. The lowest BCUT2D eigenvalue weighted by Crippen LogP contribution is -2.43. The van der Waals surface area contributed by atoms with E-state index in [1.165, 1.54) is 18.2 Å². The third-order valence-electron chi connectivity index (χ3n) is 6.94. The number of anilines is 2. The first-order chi connectivity index (χ1) is 17.6. The molecular weight excluding hydrogens is 493 g/mol. The van der Waals surface area contributed by atoms with Gasteiger partial charge in [0.15, 0.2) is 10.3 Å². The molecule has 10 heteroatoms. The molecule has 5 rings (SSSR count). The Morgan fingerprint density at radius 1 is 1.00 bits per heavy atom. The molecule has 0 unspecified atom stereocenters. The van der Waals surface area contributed by atoms with Gasteiger partial charge < -0.3 is 15.5 Å². The Morgan fingerprint density at radius 2 is 1.72 bits per heavy atom. The van der Waals surface area contributed by atoms with Crippen LogP contribution in [0.5, 0.6) is 0 Å². The largest absolute Gasteiger partial charge is 0.361 e. The van der Waals surface area contributed by atoms with E-state index >= 15 is 0 Å². The van der Waals surface area contributed by atoms with Crippen molar-refractivity contribution in [2.45, 2.75) is 60.5 Å². The highest BCUT2D eigenvalue weighted by molar-refractivity contribution is 7.99. The Kier molecular flexibility index (Phi) is 7.91. The van der Waals surface area contributed by atoms with Crippen LogP contribution < -0.4 is 15.5 Å². The number of hydrogen-bond acceptors (Lipinski definition) is 7. The van der Waals surface area contributed by atoms with Gasteiger partial charge in [0.25, 0.3) is 0 Å². The van der Waals surface area contributed by atoms with Gasteiger partial charge in [-0.3, -0.25) is 0 Å². The van der Waals surface area contributed by atoms with Crippen LogP contribution >= 0.6 is 24.0 Å². The Morgan fingerprint density at radius 3 is 2.44 bits per heavy atom. The first kappa shape index (κ1) is 24.8. The van der Waals surface area contributed by atoms with Crippen molar-refractivity contribution < 1.29 is 4.39 Å². The highest BCUT2D eigenvalue weighted by Gasteiger charge is 2.34. The number of benzene rings is 1. The predicted octanol–water partition coefficient (Wildman–Crippen LogP) is 5.35. The van der Waals surface area contributed by atoms with Crippen molar-refractivity contribution in [2.24, 2.45) is 0 Å². The van der Waals surface area contributed by atoms with Crippen molar-refractivity contribution in [2.75, 3.05) is 29.9 Å². The van der Waals surface area contributed by atoms with E-state index in [1.807, 2.05) is 18.2 Å². The van der Waals surface area contributed by atoms with E-state index in [0.717, 1.165) is 68.0 Å². The molecule has 36 heavy (non-hydrogen) atoms. The monoisotopic (exact) mass is 523 g/mol. The molecule has 7 nitrogen and oxygen atoms in total. The van der Waals surface area contributed by atoms with Crippen molar-refractivity contribution in [1.82, 2.24) is 25.3 Å². The van der Waals surface area contributed by atoms with Gasteiger partial charge in [0.2, 0.25) is 5.95 Å². The number of thiocarbonyl (C=S) groups is 1. The summed E-state index contributed by atoms with van der Waals surface area (Å²) in [5, 5.41) is 8.50. The number of nitrogens with one attached hydrogen (secondary N) is 2. The molecule has 1 saturated heterocycles. The smallest absolute Gasteiger partial charge is 0.232 e. The zero-order chi connectivity index (χ0) is 24.8. The molecule has 0 amide bonds. The van der Waals surface area contributed by atoms with E-state index in [1.54, 1.807) is 30.6 Å². The van der Waals surface area contributed by atoms with Crippen molar-refractivity contribution in [3.05, 3.63) is 60.2 Å². The van der Waals surface area contributed by atoms with Gasteiger partial charge in [0, 0.05) is 43.5 Å². The molecule has 2 N–H and O–H groups in total. The second kappa shape index (κ2) is 11.5. The fourth-order valence-corrected chi connectivity index (χ4v) is 5.93. The van der Waals surface area contributed by atoms with Gasteiger partial charge >= 0.3 is 0 Å². The lowest BCUT2D eigenvalue weighted by Gasteiger charge is -2.38. The summed E-state index contributed by atoms with van der Waals surface area (Å²) in [5.41, 5.74) is 1.09. The molecular formula is C26H30FN7S2. The maximum absolute atomic E-state index is 13.6. The molecule has 0 atom stereocenters. The van der Waals surface area contributed by atoms with Crippen LogP contribution in [0.25, 0.3) is 0 Å². The van der Waals surface area contributed by atoms with Crippen molar-refractivity contribution >= 4 is 40.9 Å². The first-order valence-corrected chi connectivity index (χ1v) is 13.7. The summed E-state index contributed by atoms with van der Waals surface area (Å²) in [4.78, 5) is 20.3. The zero-order valence-electron chi connectivity index (χ0n) is 20.1. The minimum Gasteiger partial charge on any atom is -0.361 e. The van der Waals surface area contributed by atoms with Crippen LogP contribution in [0.1, 0.15) is 50.5 Å². The third kappa shape index (κ3) is 6.10. The van der Waals surface area contributed by atoms with Gasteiger partial charge in [-0.05, 0) is 73.4 Å². The van der Waals surface area contributed by atoms with E-state index in [2.05, 4.69) is 30.5 Å². The zero-order valence-corrected chi connectivity index (χ0v) is 21.8. The minimum atomic E-state index is -0.209. The summed E-state index contributed by atoms with van der Waals surface area (Å²) >= 11 is 7.07. The van der Waals surface area contributed by atoms with Crippen LogP contribution in [-0.2, 0) is 5.41 Å². The number of nitrogens with zero attached hydrogens (tertiary/aromatic N) is 5. The fraction of sp³-hybridized carbons (Fsp3) is 0.423. The van der Waals surface area contributed by atoms with Crippen LogP contribution in [0.2, 0.25) is 0 Å². The normalized spacial score (nSPS) is 17.1. The Labute approximate surface area is 220 Å². The molecule has 3 heterocycles. The van der Waals surface area contributed by atoms with Crippen molar-refractivity contribution in [1.29, 1.82) is 0 Å². The van der Waals surface area contributed by atoms with Gasteiger partial charge in [-0.2, -0.15) is 4.98 Å². The molecule has 2 fully saturated rings. The Balaban J connectivity index is 1.31. The maximum Gasteiger partial charge on any atom is 0.232 e. The number of aromatic nitrogens is 4. The van der Waals surface area contributed by atoms with Crippen LogP contribution in [0.4, 0.5) is 16.2 Å². The quantitative estimate of drug-likeness (QED) is 0.242. The average molecular weight is 524 g/mol. The minimum absolute atomic E-state index is 0.0679. The van der Waals surface area contributed by atoms with E-state index in [4.69, 9.17) is 17.2 Å². The van der Waals surface area contributed by atoms with Crippen LogP contribution in [0.15, 0.2) is 59.0 Å². The summed E-state index contributed by atoms with van der Waals surface area (Å²) < 4.78 is 13.6. The van der Waals surface area contributed by atoms with Crippen LogP contribution in [0, 0.1) is 5.82 Å². The van der Waals surface area contributed by atoms with E-state index in [9.17, 15) is 4.39 Å². The van der Waals surface area contributed by atoms with Gasteiger partial charge in [-0.15, -0.1) is 0 Å². The second-order valence-electron chi connectivity index (χ2n) is 9.37. The van der Waals surface area contributed by atoms with Crippen molar-refractivity contribution in [3.8, 4) is 0 Å². The average Bonchev–Trinajstić information content (AvgIpc) is 3.44. The molecule has 0 spiro atoms. The van der Waals surface area contributed by atoms with Gasteiger partial charge in [-0.25, -0.2) is 19.3 Å².